The lowest BCUT2D eigenvalue weighted by Gasteiger charge is -2.10. The fourth-order valence-corrected chi connectivity index (χ4v) is 3.23. The van der Waals surface area contributed by atoms with Crippen molar-refractivity contribution in [1.29, 1.82) is 0 Å². The van der Waals surface area contributed by atoms with E-state index in [1.165, 1.54) is 11.1 Å². The smallest absolute Gasteiger partial charge is 0.256 e. The number of hydrogen-bond acceptors (Lipinski definition) is 2. The van der Waals surface area contributed by atoms with Crippen LogP contribution < -0.4 is 5.32 Å². The zero-order chi connectivity index (χ0) is 18.8. The fourth-order valence-electron chi connectivity index (χ4n) is 3.23. The summed E-state index contributed by atoms with van der Waals surface area (Å²) < 4.78 is 1.95. The van der Waals surface area contributed by atoms with Gasteiger partial charge >= 0.3 is 0 Å². The molecule has 0 unspecified atom stereocenters. The molecule has 1 heterocycles. The van der Waals surface area contributed by atoms with Crippen LogP contribution in [0.15, 0.2) is 42.5 Å². The van der Waals surface area contributed by atoms with Crippen molar-refractivity contribution >= 4 is 11.6 Å². The Labute approximate surface area is 154 Å². The van der Waals surface area contributed by atoms with Crippen LogP contribution in [0.25, 0.3) is 0 Å². The predicted molar refractivity (Wildman–Crippen MR) is 106 cm³/mol. The molecule has 0 radical (unpaired) electrons. The summed E-state index contributed by atoms with van der Waals surface area (Å²) in [6, 6.07) is 14.2. The molecule has 0 spiro atoms. The molecular weight excluding hydrogens is 322 g/mol. The number of amides is 1. The van der Waals surface area contributed by atoms with Gasteiger partial charge in [-0.05, 0) is 57.4 Å². The van der Waals surface area contributed by atoms with Crippen LogP contribution in [0.2, 0.25) is 0 Å². The summed E-state index contributed by atoms with van der Waals surface area (Å²) in [6.45, 7) is 10.7. The molecule has 0 fully saturated rings. The van der Waals surface area contributed by atoms with Crippen molar-refractivity contribution in [3.05, 3.63) is 81.7 Å². The summed E-state index contributed by atoms with van der Waals surface area (Å²) in [5.41, 5.74) is 7.87. The van der Waals surface area contributed by atoms with Crippen LogP contribution >= 0.6 is 0 Å². The Hall–Kier alpha value is -2.88. The molecule has 1 N–H and O–H groups in total. The minimum absolute atomic E-state index is 0.0934. The van der Waals surface area contributed by atoms with Gasteiger partial charge < -0.3 is 5.32 Å². The Morgan fingerprint density at radius 1 is 1.00 bits per heavy atom. The molecule has 26 heavy (non-hydrogen) atoms. The molecule has 0 bridgehead atoms. The number of hydrogen-bond donors (Lipinski definition) is 1. The van der Waals surface area contributed by atoms with Crippen molar-refractivity contribution in [2.24, 2.45) is 0 Å². The monoisotopic (exact) mass is 347 g/mol. The largest absolute Gasteiger partial charge is 0.319 e. The number of rotatable bonds is 4. The Kier molecular flexibility index (Phi) is 4.94. The number of aryl methyl sites for hydroxylation is 4. The van der Waals surface area contributed by atoms with Crippen LogP contribution in [0.4, 0.5) is 5.69 Å². The summed E-state index contributed by atoms with van der Waals surface area (Å²) >= 11 is 0. The maximum atomic E-state index is 12.7. The third-order valence-electron chi connectivity index (χ3n) is 4.83. The molecule has 0 aliphatic carbocycles. The summed E-state index contributed by atoms with van der Waals surface area (Å²) in [4.78, 5) is 12.7. The summed E-state index contributed by atoms with van der Waals surface area (Å²) in [7, 11) is 0. The van der Waals surface area contributed by atoms with Crippen LogP contribution in [0.3, 0.4) is 0 Å². The molecule has 0 saturated heterocycles. The molecule has 0 aliphatic rings. The average Bonchev–Trinajstić information content (AvgIpc) is 2.84. The number of anilines is 1. The molecule has 4 nitrogen and oxygen atoms in total. The molecule has 4 heteroatoms. The molecule has 0 aliphatic heterocycles. The second-order valence-corrected chi connectivity index (χ2v) is 6.90. The molecule has 1 amide bonds. The van der Waals surface area contributed by atoms with Gasteiger partial charge in [-0.15, -0.1) is 0 Å². The standard InChI is InChI=1S/C22H25N3O/c1-14-10-11-20(16(3)12-14)22(26)23-21-17(4)24-25(18(21)5)13-19-9-7-6-8-15(19)2/h6-12H,13H2,1-5H3,(H,23,26). The van der Waals surface area contributed by atoms with E-state index in [1.54, 1.807) is 0 Å². The van der Waals surface area contributed by atoms with Crippen LogP contribution in [0.5, 0.6) is 0 Å². The molecular formula is C22H25N3O. The van der Waals surface area contributed by atoms with E-state index >= 15 is 0 Å². The maximum absolute atomic E-state index is 12.7. The topological polar surface area (TPSA) is 46.9 Å². The molecule has 3 rings (SSSR count). The number of aromatic nitrogens is 2. The number of nitrogens with zero attached hydrogens (tertiary/aromatic N) is 2. The van der Waals surface area contributed by atoms with Gasteiger partial charge in [0, 0.05) is 5.56 Å². The van der Waals surface area contributed by atoms with Crippen LogP contribution in [0.1, 0.15) is 44.0 Å². The SMILES string of the molecule is Cc1ccc(C(=O)Nc2c(C)nn(Cc3ccccc3C)c2C)c(C)c1. The molecule has 0 atom stereocenters. The van der Waals surface area contributed by atoms with Gasteiger partial charge in [-0.1, -0.05) is 42.0 Å². The second-order valence-electron chi connectivity index (χ2n) is 6.90. The molecule has 134 valence electrons. The first kappa shape index (κ1) is 17.9. The van der Waals surface area contributed by atoms with Crippen LogP contribution in [-0.2, 0) is 6.54 Å². The van der Waals surface area contributed by atoms with Crippen molar-refractivity contribution in [3.8, 4) is 0 Å². The minimum atomic E-state index is -0.0934. The van der Waals surface area contributed by atoms with Gasteiger partial charge in [0.1, 0.15) is 0 Å². The van der Waals surface area contributed by atoms with Gasteiger partial charge in [-0.25, -0.2) is 0 Å². The number of nitrogens with one attached hydrogen (secondary N) is 1. The van der Waals surface area contributed by atoms with Crippen LogP contribution in [0, 0.1) is 34.6 Å². The maximum Gasteiger partial charge on any atom is 0.256 e. The Balaban J connectivity index is 1.86. The van der Waals surface area contributed by atoms with Crippen molar-refractivity contribution in [1.82, 2.24) is 9.78 Å². The van der Waals surface area contributed by atoms with Gasteiger partial charge in [0.2, 0.25) is 0 Å². The van der Waals surface area contributed by atoms with Gasteiger partial charge in [-0.2, -0.15) is 5.10 Å². The summed E-state index contributed by atoms with van der Waals surface area (Å²) in [5.74, 6) is -0.0934. The number of benzene rings is 2. The molecule has 1 aromatic heterocycles. The lowest BCUT2D eigenvalue weighted by atomic mass is 10.1. The quantitative estimate of drug-likeness (QED) is 0.742. The fraction of sp³-hybridized carbons (Fsp3) is 0.273. The van der Waals surface area contributed by atoms with E-state index in [9.17, 15) is 4.79 Å². The first-order valence-corrected chi connectivity index (χ1v) is 8.84. The summed E-state index contributed by atoms with van der Waals surface area (Å²) in [6.07, 6.45) is 0. The van der Waals surface area contributed by atoms with E-state index in [0.717, 1.165) is 28.2 Å². The Morgan fingerprint density at radius 3 is 2.42 bits per heavy atom. The van der Waals surface area contributed by atoms with Crippen molar-refractivity contribution in [3.63, 3.8) is 0 Å². The van der Waals surface area contributed by atoms with E-state index in [-0.39, 0.29) is 5.91 Å². The Bertz CT molecular complexity index is 970. The van der Waals surface area contributed by atoms with E-state index in [2.05, 4.69) is 29.5 Å². The third kappa shape index (κ3) is 3.54. The zero-order valence-corrected chi connectivity index (χ0v) is 16.1. The minimum Gasteiger partial charge on any atom is -0.319 e. The molecule has 3 aromatic rings. The highest BCUT2D eigenvalue weighted by molar-refractivity contribution is 6.05. The van der Waals surface area contributed by atoms with E-state index in [0.29, 0.717) is 12.1 Å². The predicted octanol–water partition coefficient (Wildman–Crippen LogP) is 4.73. The normalized spacial score (nSPS) is 10.8. The van der Waals surface area contributed by atoms with Gasteiger partial charge in [0.15, 0.2) is 0 Å². The van der Waals surface area contributed by atoms with Crippen molar-refractivity contribution in [2.45, 2.75) is 41.2 Å². The highest BCUT2D eigenvalue weighted by atomic mass is 16.1. The molecule has 2 aromatic carbocycles. The van der Waals surface area contributed by atoms with Crippen molar-refractivity contribution in [2.75, 3.05) is 5.32 Å². The average molecular weight is 347 g/mol. The third-order valence-corrected chi connectivity index (χ3v) is 4.83. The Morgan fingerprint density at radius 2 is 1.73 bits per heavy atom. The lowest BCUT2D eigenvalue weighted by molar-refractivity contribution is 0.102. The van der Waals surface area contributed by atoms with E-state index in [4.69, 9.17) is 0 Å². The first-order chi connectivity index (χ1) is 12.4. The van der Waals surface area contributed by atoms with Gasteiger partial charge in [0.05, 0.1) is 23.6 Å². The van der Waals surface area contributed by atoms with E-state index in [1.807, 2.05) is 62.7 Å². The second kappa shape index (κ2) is 7.16. The molecule has 0 saturated carbocycles. The highest BCUT2D eigenvalue weighted by Crippen LogP contribution is 2.23. The zero-order valence-electron chi connectivity index (χ0n) is 16.1. The van der Waals surface area contributed by atoms with Gasteiger partial charge in [0.25, 0.3) is 5.91 Å². The van der Waals surface area contributed by atoms with Crippen molar-refractivity contribution < 1.29 is 4.79 Å². The van der Waals surface area contributed by atoms with E-state index < -0.39 is 0 Å². The highest BCUT2D eigenvalue weighted by Gasteiger charge is 2.17. The number of carbonyl (C=O) groups is 1. The summed E-state index contributed by atoms with van der Waals surface area (Å²) in [5, 5.41) is 7.69. The number of carbonyl (C=O) groups excluding carboxylic acids is 1. The van der Waals surface area contributed by atoms with Gasteiger partial charge in [-0.3, -0.25) is 9.48 Å². The lowest BCUT2D eigenvalue weighted by Crippen LogP contribution is -2.15. The first-order valence-electron chi connectivity index (χ1n) is 8.84. The van der Waals surface area contributed by atoms with Crippen LogP contribution in [-0.4, -0.2) is 15.7 Å².